The van der Waals surface area contributed by atoms with E-state index in [0.717, 1.165) is 0 Å². The lowest BCUT2D eigenvalue weighted by molar-refractivity contribution is -0.144. The number of halogens is 3. The zero-order valence-corrected chi connectivity index (χ0v) is 12.0. The van der Waals surface area contributed by atoms with Crippen LogP contribution in [0.2, 0.25) is 0 Å². The number of fused-ring (bicyclic) bond motifs is 1. The van der Waals surface area contributed by atoms with E-state index < -0.39 is 17.9 Å². The van der Waals surface area contributed by atoms with Gasteiger partial charge in [0.15, 0.2) is 5.82 Å². The largest absolute Gasteiger partial charge is 0.449 e. The smallest absolute Gasteiger partial charge is 0.334 e. The minimum atomic E-state index is -4.56. The Kier molecular flexibility index (Phi) is 3.55. The maximum absolute atomic E-state index is 12.6. The molecule has 0 radical (unpaired) electrons. The number of nitrogens with zero attached hydrogens (tertiary/aromatic N) is 3. The molecule has 120 valence electrons. The van der Waals surface area contributed by atoms with Crippen LogP contribution in [0.5, 0.6) is 0 Å². The average Bonchev–Trinajstić information content (AvgIpc) is 3.11. The fraction of sp³-hybridized carbons (Fsp3) is 0.214. The summed E-state index contributed by atoms with van der Waals surface area (Å²) in [4.78, 5) is 17.8. The lowest BCUT2D eigenvalue weighted by atomic mass is 10.2. The molecule has 9 heteroatoms. The Morgan fingerprint density at radius 1 is 1.35 bits per heavy atom. The molecule has 0 saturated heterocycles. The van der Waals surface area contributed by atoms with Crippen molar-refractivity contribution in [3.63, 3.8) is 0 Å². The van der Waals surface area contributed by atoms with Gasteiger partial charge in [-0.1, -0.05) is 0 Å². The van der Waals surface area contributed by atoms with Crippen molar-refractivity contribution < 1.29 is 18.0 Å². The number of H-pyrrole nitrogens is 1. The van der Waals surface area contributed by atoms with Gasteiger partial charge in [0.05, 0.1) is 11.0 Å². The summed E-state index contributed by atoms with van der Waals surface area (Å²) in [5.41, 5.74) is 0.495. The molecule has 0 aliphatic heterocycles. The predicted molar refractivity (Wildman–Crippen MR) is 76.9 cm³/mol. The van der Waals surface area contributed by atoms with Gasteiger partial charge in [-0.2, -0.15) is 18.3 Å². The second kappa shape index (κ2) is 5.41. The number of anilines is 1. The number of alkyl halides is 3. The second-order valence-corrected chi connectivity index (χ2v) is 4.83. The average molecular weight is 323 g/mol. The van der Waals surface area contributed by atoms with Gasteiger partial charge in [0, 0.05) is 24.4 Å². The minimum Gasteiger partial charge on any atom is -0.334 e. The van der Waals surface area contributed by atoms with E-state index in [1.54, 1.807) is 16.9 Å². The molecule has 3 aromatic rings. The number of hydrogen-bond donors (Lipinski definition) is 2. The molecule has 23 heavy (non-hydrogen) atoms. The number of amides is 1. The number of imidazole rings is 1. The maximum Gasteiger partial charge on any atom is 0.449 e. The van der Waals surface area contributed by atoms with E-state index in [9.17, 15) is 18.0 Å². The van der Waals surface area contributed by atoms with Crippen LogP contribution < -0.4 is 5.32 Å². The summed E-state index contributed by atoms with van der Waals surface area (Å²) in [5.74, 6) is -1.18. The number of aromatic amines is 1. The highest BCUT2D eigenvalue weighted by Gasteiger charge is 2.34. The molecule has 2 aromatic heterocycles. The minimum absolute atomic E-state index is 0.143. The first kappa shape index (κ1) is 15.1. The third kappa shape index (κ3) is 3.03. The molecular weight excluding hydrogens is 311 g/mol. The number of hydrogen-bond acceptors (Lipinski definition) is 3. The molecular formula is C14H12F3N5O. The van der Waals surface area contributed by atoms with Crippen LogP contribution in [0.3, 0.4) is 0 Å². The van der Waals surface area contributed by atoms with Gasteiger partial charge in [-0.15, -0.1) is 0 Å². The van der Waals surface area contributed by atoms with E-state index in [4.69, 9.17) is 0 Å². The molecule has 6 nitrogen and oxygen atoms in total. The molecule has 0 spiro atoms. The predicted octanol–water partition coefficient (Wildman–Crippen LogP) is 3.05. The Labute approximate surface area is 128 Å². The molecule has 3 rings (SSSR count). The van der Waals surface area contributed by atoms with E-state index in [1.165, 1.54) is 18.2 Å². The molecule has 1 aromatic carbocycles. The molecule has 0 bridgehead atoms. The molecule has 0 atom stereocenters. The van der Waals surface area contributed by atoms with Crippen molar-refractivity contribution in [3.8, 4) is 0 Å². The van der Waals surface area contributed by atoms with Gasteiger partial charge >= 0.3 is 6.18 Å². The van der Waals surface area contributed by atoms with Crippen LogP contribution in [0.15, 0.2) is 30.5 Å². The van der Waals surface area contributed by atoms with E-state index in [1.807, 2.05) is 6.92 Å². The van der Waals surface area contributed by atoms with Crippen molar-refractivity contribution in [3.05, 3.63) is 41.9 Å². The van der Waals surface area contributed by atoms with E-state index in [0.29, 0.717) is 12.4 Å². The third-order valence-electron chi connectivity index (χ3n) is 3.22. The molecule has 2 heterocycles. The number of carbonyl (C=O) groups excluding carboxylic acids is 1. The van der Waals surface area contributed by atoms with Gasteiger partial charge in [0.25, 0.3) is 5.91 Å². The summed E-state index contributed by atoms with van der Waals surface area (Å²) in [7, 11) is 0. The van der Waals surface area contributed by atoms with Crippen LogP contribution in [-0.4, -0.2) is 25.7 Å². The summed E-state index contributed by atoms with van der Waals surface area (Å²) < 4.78 is 39.5. The van der Waals surface area contributed by atoms with Gasteiger partial charge in [0.1, 0.15) is 0 Å². The highest BCUT2D eigenvalue weighted by Crippen LogP contribution is 2.28. The molecule has 2 N–H and O–H groups in total. The standard InChI is InChI=1S/C14H12F3N5O/c1-2-22-6-5-11(21-22)20-12(23)8-3-4-9-10(7-8)19-13(18-9)14(15,16)17/h3-7H,2H2,1H3,(H,18,19)(H,20,21,23). The maximum atomic E-state index is 12.6. The number of aryl methyl sites for hydroxylation is 1. The van der Waals surface area contributed by atoms with Gasteiger partial charge in [-0.3, -0.25) is 9.48 Å². The van der Waals surface area contributed by atoms with Crippen molar-refractivity contribution in [1.82, 2.24) is 19.7 Å². The number of aromatic nitrogens is 4. The lowest BCUT2D eigenvalue weighted by Gasteiger charge is -2.02. The monoisotopic (exact) mass is 323 g/mol. The summed E-state index contributed by atoms with van der Waals surface area (Å²) >= 11 is 0. The first-order valence-electron chi connectivity index (χ1n) is 6.78. The molecule has 0 unspecified atom stereocenters. The van der Waals surface area contributed by atoms with E-state index >= 15 is 0 Å². The molecule has 0 saturated carbocycles. The Hall–Kier alpha value is -2.84. The zero-order chi connectivity index (χ0) is 16.6. The van der Waals surface area contributed by atoms with Crippen molar-refractivity contribution >= 4 is 22.8 Å². The molecule has 0 aliphatic carbocycles. The normalized spacial score (nSPS) is 11.8. The van der Waals surface area contributed by atoms with Crippen molar-refractivity contribution in [2.75, 3.05) is 5.32 Å². The fourth-order valence-electron chi connectivity index (χ4n) is 2.08. The van der Waals surface area contributed by atoms with Crippen LogP contribution in [0, 0.1) is 0 Å². The Morgan fingerprint density at radius 3 is 2.78 bits per heavy atom. The first-order chi connectivity index (χ1) is 10.9. The summed E-state index contributed by atoms with van der Waals surface area (Å²) in [6, 6.07) is 5.73. The molecule has 0 aliphatic rings. The van der Waals surface area contributed by atoms with Gasteiger partial charge in [0.2, 0.25) is 5.82 Å². The van der Waals surface area contributed by atoms with Crippen molar-refractivity contribution in [2.45, 2.75) is 19.6 Å². The quantitative estimate of drug-likeness (QED) is 0.778. The Bertz CT molecular complexity index is 865. The number of carbonyl (C=O) groups is 1. The highest BCUT2D eigenvalue weighted by atomic mass is 19.4. The van der Waals surface area contributed by atoms with E-state index in [2.05, 4.69) is 20.4 Å². The lowest BCUT2D eigenvalue weighted by Crippen LogP contribution is -2.12. The Balaban J connectivity index is 1.85. The third-order valence-corrected chi connectivity index (χ3v) is 3.22. The zero-order valence-electron chi connectivity index (χ0n) is 12.0. The van der Waals surface area contributed by atoms with Crippen molar-refractivity contribution in [1.29, 1.82) is 0 Å². The summed E-state index contributed by atoms with van der Waals surface area (Å²) in [6.07, 6.45) is -2.85. The van der Waals surface area contributed by atoms with Gasteiger partial charge < -0.3 is 10.3 Å². The van der Waals surface area contributed by atoms with Gasteiger partial charge in [-0.05, 0) is 25.1 Å². The highest BCUT2D eigenvalue weighted by molar-refractivity contribution is 6.05. The first-order valence-corrected chi connectivity index (χ1v) is 6.78. The summed E-state index contributed by atoms with van der Waals surface area (Å²) in [5, 5.41) is 6.70. The number of rotatable bonds is 3. The second-order valence-electron chi connectivity index (χ2n) is 4.83. The molecule has 0 fully saturated rings. The van der Waals surface area contributed by atoms with Crippen LogP contribution in [0.25, 0.3) is 11.0 Å². The Morgan fingerprint density at radius 2 is 2.13 bits per heavy atom. The van der Waals surface area contributed by atoms with Crippen LogP contribution in [-0.2, 0) is 12.7 Å². The summed E-state index contributed by atoms with van der Waals surface area (Å²) in [6.45, 7) is 2.57. The van der Waals surface area contributed by atoms with Crippen LogP contribution >= 0.6 is 0 Å². The van der Waals surface area contributed by atoms with Crippen LogP contribution in [0.4, 0.5) is 19.0 Å². The molecule has 1 amide bonds. The number of benzene rings is 1. The van der Waals surface area contributed by atoms with Crippen LogP contribution in [0.1, 0.15) is 23.1 Å². The SMILES string of the molecule is CCn1ccc(NC(=O)c2ccc3nc(C(F)(F)F)[nH]c3c2)n1. The topological polar surface area (TPSA) is 75.6 Å². The number of nitrogens with one attached hydrogen (secondary N) is 2. The van der Waals surface area contributed by atoms with Crippen molar-refractivity contribution in [2.24, 2.45) is 0 Å². The fourth-order valence-corrected chi connectivity index (χ4v) is 2.08. The van der Waals surface area contributed by atoms with E-state index in [-0.39, 0.29) is 16.6 Å². The van der Waals surface area contributed by atoms with Gasteiger partial charge in [-0.25, -0.2) is 4.98 Å².